The van der Waals surface area contributed by atoms with E-state index in [0.29, 0.717) is 5.76 Å². The first-order chi connectivity index (χ1) is 7.70. The van der Waals surface area contributed by atoms with Gasteiger partial charge in [0, 0.05) is 10.9 Å². The molecule has 1 aromatic carbocycles. The number of hydrogen-bond donors (Lipinski definition) is 1. The smallest absolute Gasteiger partial charge is 0.371 e. The molecule has 0 fully saturated rings. The molecule has 0 aliphatic carbocycles. The molecule has 0 aliphatic heterocycles. The van der Waals surface area contributed by atoms with Crippen molar-refractivity contribution in [3.63, 3.8) is 0 Å². The minimum absolute atomic E-state index is 0.0421. The van der Waals surface area contributed by atoms with Crippen LogP contribution in [0.25, 0.3) is 11.3 Å². The highest BCUT2D eigenvalue weighted by atomic mass is 79.9. The summed E-state index contributed by atoms with van der Waals surface area (Å²) in [6.45, 7) is 0. The van der Waals surface area contributed by atoms with E-state index >= 15 is 0 Å². The zero-order valence-electron chi connectivity index (χ0n) is 8.31. The van der Waals surface area contributed by atoms with Crippen LogP contribution in [-0.4, -0.2) is 11.1 Å². The van der Waals surface area contributed by atoms with Crippen molar-refractivity contribution >= 4 is 21.9 Å². The van der Waals surface area contributed by atoms with Crippen LogP contribution in [0.3, 0.4) is 0 Å². The molecule has 0 bridgehead atoms. The molecule has 0 radical (unpaired) electrons. The second-order valence-electron chi connectivity index (χ2n) is 3.30. The Morgan fingerprint density at radius 2 is 1.88 bits per heavy atom. The van der Waals surface area contributed by atoms with Gasteiger partial charge in [-0.25, -0.2) is 4.79 Å². The van der Waals surface area contributed by atoms with Crippen LogP contribution in [0.15, 0.2) is 40.8 Å². The lowest BCUT2D eigenvalue weighted by Crippen LogP contribution is -1.91. The minimum atomic E-state index is -1.05. The second kappa shape index (κ2) is 4.53. The molecule has 0 saturated carbocycles. The summed E-state index contributed by atoms with van der Waals surface area (Å²) in [6, 6.07) is 10.9. The molecule has 3 nitrogen and oxygen atoms in total. The van der Waals surface area contributed by atoms with E-state index in [4.69, 9.17) is 9.52 Å². The molecule has 0 amide bonds. The molecule has 4 heteroatoms. The minimum Gasteiger partial charge on any atom is -0.475 e. The van der Waals surface area contributed by atoms with E-state index < -0.39 is 5.97 Å². The summed E-state index contributed by atoms with van der Waals surface area (Å²) in [5.41, 5.74) is 2.03. The van der Waals surface area contributed by atoms with Gasteiger partial charge in [0.2, 0.25) is 5.76 Å². The molecule has 1 aromatic heterocycles. The number of aromatic carboxylic acids is 1. The number of hydrogen-bond acceptors (Lipinski definition) is 2. The number of furan rings is 1. The van der Waals surface area contributed by atoms with Crippen LogP contribution in [0.4, 0.5) is 0 Å². The molecular weight excluding hydrogens is 272 g/mol. The van der Waals surface area contributed by atoms with Gasteiger partial charge in [0.05, 0.1) is 0 Å². The van der Waals surface area contributed by atoms with Gasteiger partial charge in [0.1, 0.15) is 5.76 Å². The summed E-state index contributed by atoms with van der Waals surface area (Å²) in [7, 11) is 0. The topological polar surface area (TPSA) is 50.4 Å². The highest BCUT2D eigenvalue weighted by Crippen LogP contribution is 2.23. The van der Waals surface area contributed by atoms with Crippen molar-refractivity contribution in [2.24, 2.45) is 0 Å². The summed E-state index contributed by atoms with van der Waals surface area (Å²) >= 11 is 3.36. The monoisotopic (exact) mass is 280 g/mol. The van der Waals surface area contributed by atoms with Crippen LogP contribution in [0, 0.1) is 0 Å². The average Bonchev–Trinajstić information content (AvgIpc) is 2.78. The molecule has 2 rings (SSSR count). The third kappa shape index (κ3) is 2.17. The molecule has 82 valence electrons. The van der Waals surface area contributed by atoms with Crippen LogP contribution < -0.4 is 0 Å². The quantitative estimate of drug-likeness (QED) is 0.875. The molecule has 0 saturated heterocycles. The summed E-state index contributed by atoms with van der Waals surface area (Å²) < 4.78 is 5.19. The fourth-order valence-electron chi connectivity index (χ4n) is 1.37. The fourth-order valence-corrected chi connectivity index (χ4v) is 1.74. The first kappa shape index (κ1) is 11.0. The number of carboxylic acids is 1. The summed E-state index contributed by atoms with van der Waals surface area (Å²) in [6.07, 6.45) is 0. The SMILES string of the molecule is O=C(O)c1ccc(-c2ccc(CBr)cc2)o1. The summed E-state index contributed by atoms with van der Waals surface area (Å²) in [5, 5.41) is 9.52. The van der Waals surface area contributed by atoms with Gasteiger partial charge in [-0.15, -0.1) is 0 Å². The van der Waals surface area contributed by atoms with E-state index in [1.807, 2.05) is 24.3 Å². The first-order valence-corrected chi connectivity index (χ1v) is 5.81. The molecule has 0 unspecified atom stereocenters. The average molecular weight is 281 g/mol. The number of carboxylic acid groups (broad SMARTS) is 1. The molecule has 16 heavy (non-hydrogen) atoms. The Morgan fingerprint density at radius 3 is 2.38 bits per heavy atom. The third-order valence-electron chi connectivity index (χ3n) is 2.21. The summed E-state index contributed by atoms with van der Waals surface area (Å²) in [5.74, 6) is -0.526. The predicted molar refractivity (Wildman–Crippen MR) is 63.7 cm³/mol. The lowest BCUT2D eigenvalue weighted by Gasteiger charge is -1.98. The maximum Gasteiger partial charge on any atom is 0.371 e. The highest BCUT2D eigenvalue weighted by Gasteiger charge is 2.09. The number of rotatable bonds is 3. The molecule has 0 atom stereocenters. The first-order valence-electron chi connectivity index (χ1n) is 4.69. The van der Waals surface area contributed by atoms with E-state index in [1.54, 1.807) is 6.07 Å². The van der Waals surface area contributed by atoms with Crippen LogP contribution in [0.2, 0.25) is 0 Å². The van der Waals surface area contributed by atoms with E-state index in [1.165, 1.54) is 6.07 Å². The molecular formula is C12H9BrO3. The summed E-state index contributed by atoms with van der Waals surface area (Å²) in [4.78, 5) is 10.6. The Hall–Kier alpha value is -1.55. The van der Waals surface area contributed by atoms with E-state index in [2.05, 4.69) is 15.9 Å². The molecule has 1 N–H and O–H groups in total. The Labute approximate surface area is 101 Å². The standard InChI is InChI=1S/C12H9BrO3/c13-7-8-1-3-9(4-2-8)10-5-6-11(16-10)12(14)15/h1-6H,7H2,(H,14,15). The van der Waals surface area contributed by atoms with Gasteiger partial charge in [-0.3, -0.25) is 0 Å². The van der Waals surface area contributed by atoms with Crippen LogP contribution >= 0.6 is 15.9 Å². The zero-order chi connectivity index (χ0) is 11.5. The number of benzene rings is 1. The van der Waals surface area contributed by atoms with Crippen molar-refractivity contribution in [2.75, 3.05) is 0 Å². The van der Waals surface area contributed by atoms with Crippen LogP contribution in [0.5, 0.6) is 0 Å². The van der Waals surface area contributed by atoms with Crippen molar-refractivity contribution < 1.29 is 14.3 Å². The molecule has 2 aromatic rings. The Balaban J connectivity index is 2.31. The lowest BCUT2D eigenvalue weighted by atomic mass is 10.1. The van der Waals surface area contributed by atoms with Crippen LogP contribution in [0.1, 0.15) is 16.1 Å². The fraction of sp³-hybridized carbons (Fsp3) is 0.0833. The van der Waals surface area contributed by atoms with Crippen molar-refractivity contribution in [1.82, 2.24) is 0 Å². The maximum absolute atomic E-state index is 10.6. The largest absolute Gasteiger partial charge is 0.475 e. The van der Waals surface area contributed by atoms with Gasteiger partial charge in [-0.1, -0.05) is 40.2 Å². The second-order valence-corrected chi connectivity index (χ2v) is 3.86. The number of halogens is 1. The van der Waals surface area contributed by atoms with Gasteiger partial charge in [-0.05, 0) is 17.7 Å². The molecule has 0 aliphatic rings. The van der Waals surface area contributed by atoms with E-state index in [-0.39, 0.29) is 5.76 Å². The van der Waals surface area contributed by atoms with Gasteiger partial charge in [0.15, 0.2) is 0 Å². The predicted octanol–water partition coefficient (Wildman–Crippen LogP) is 3.54. The lowest BCUT2D eigenvalue weighted by molar-refractivity contribution is 0.0663. The van der Waals surface area contributed by atoms with Crippen molar-refractivity contribution in [3.05, 3.63) is 47.7 Å². The molecule has 1 heterocycles. The molecule has 0 spiro atoms. The van der Waals surface area contributed by atoms with E-state index in [9.17, 15) is 4.79 Å². The Bertz CT molecular complexity index is 499. The van der Waals surface area contributed by atoms with Gasteiger partial charge in [-0.2, -0.15) is 0 Å². The number of alkyl halides is 1. The highest BCUT2D eigenvalue weighted by molar-refractivity contribution is 9.08. The van der Waals surface area contributed by atoms with Crippen LogP contribution in [-0.2, 0) is 5.33 Å². The number of carbonyl (C=O) groups is 1. The Morgan fingerprint density at radius 1 is 1.19 bits per heavy atom. The van der Waals surface area contributed by atoms with Crippen molar-refractivity contribution in [2.45, 2.75) is 5.33 Å². The van der Waals surface area contributed by atoms with E-state index in [0.717, 1.165) is 16.5 Å². The van der Waals surface area contributed by atoms with Gasteiger partial charge in [0.25, 0.3) is 0 Å². The normalized spacial score (nSPS) is 10.3. The van der Waals surface area contributed by atoms with Crippen molar-refractivity contribution in [1.29, 1.82) is 0 Å². The maximum atomic E-state index is 10.6. The zero-order valence-corrected chi connectivity index (χ0v) is 9.90. The third-order valence-corrected chi connectivity index (χ3v) is 2.86. The van der Waals surface area contributed by atoms with Gasteiger partial charge >= 0.3 is 5.97 Å². The van der Waals surface area contributed by atoms with Gasteiger partial charge < -0.3 is 9.52 Å². The van der Waals surface area contributed by atoms with Crippen molar-refractivity contribution in [3.8, 4) is 11.3 Å². The Kier molecular flexibility index (Phi) is 3.10.